The fourth-order valence-electron chi connectivity index (χ4n) is 5.42. The van der Waals surface area contributed by atoms with Crippen LogP contribution >= 0.6 is 11.6 Å². The summed E-state index contributed by atoms with van der Waals surface area (Å²) < 4.78 is 46.6. The number of nitrogens with one attached hydrogen (secondary N) is 1. The van der Waals surface area contributed by atoms with E-state index in [1.54, 1.807) is 18.2 Å². The number of anilines is 1. The first-order chi connectivity index (χ1) is 16.1. The number of rotatable bonds is 8. The van der Waals surface area contributed by atoms with Gasteiger partial charge in [-0.2, -0.15) is 15.0 Å². The number of hydrogen-bond acceptors (Lipinski definition) is 5. The number of nitrogens with zero attached hydrogens (tertiary/aromatic N) is 4. The molecule has 1 aliphatic carbocycles. The number of hydrogen-bond donors (Lipinski definition) is 1. The van der Waals surface area contributed by atoms with Gasteiger partial charge in [-0.25, -0.2) is 4.79 Å². The lowest BCUT2D eigenvalue weighted by atomic mass is 9.61. The fourth-order valence-corrected chi connectivity index (χ4v) is 5.62. The fraction of sp³-hybridized carbons (Fsp3) is 0.591. The second-order valence-corrected chi connectivity index (χ2v) is 9.26. The number of amides is 2. The number of halogens is 4. The first-order valence-corrected chi connectivity index (χ1v) is 11.6. The summed E-state index contributed by atoms with van der Waals surface area (Å²) in [4.78, 5) is 16.6. The van der Waals surface area contributed by atoms with Crippen LogP contribution in [0.15, 0.2) is 30.6 Å². The molecule has 1 aromatic carbocycles. The van der Waals surface area contributed by atoms with Gasteiger partial charge in [-0.05, 0) is 49.8 Å². The average Bonchev–Trinajstić information content (AvgIpc) is 3.28. The molecule has 1 saturated heterocycles. The molecule has 2 aromatic rings. The molecule has 1 aliphatic heterocycles. The lowest BCUT2D eigenvalue weighted by molar-refractivity contribution is -0.328. The summed E-state index contributed by atoms with van der Waals surface area (Å²) >= 11 is 6.27. The Morgan fingerprint density at radius 1 is 1.29 bits per heavy atom. The molecule has 2 fully saturated rings. The number of ether oxygens (including phenoxy) is 2. The first-order valence-electron chi connectivity index (χ1n) is 11.2. The molecule has 2 heterocycles. The maximum absolute atomic E-state index is 13.4. The van der Waals surface area contributed by atoms with Gasteiger partial charge in [0, 0.05) is 11.7 Å². The molecule has 1 saturated carbocycles. The Kier molecular flexibility index (Phi) is 7.07. The highest BCUT2D eigenvalue weighted by molar-refractivity contribution is 6.32. The Hall–Kier alpha value is -2.37. The van der Waals surface area contributed by atoms with Gasteiger partial charge in [-0.15, -0.1) is 13.2 Å². The Morgan fingerprint density at radius 3 is 2.71 bits per heavy atom. The normalized spacial score (nSPS) is 25.1. The Labute approximate surface area is 200 Å². The van der Waals surface area contributed by atoms with Gasteiger partial charge < -0.3 is 15.0 Å². The molecule has 1 aromatic heterocycles. The second kappa shape index (κ2) is 9.71. The zero-order chi connectivity index (χ0) is 24.5. The Morgan fingerprint density at radius 2 is 2.03 bits per heavy atom. The van der Waals surface area contributed by atoms with E-state index in [9.17, 15) is 18.0 Å². The van der Waals surface area contributed by atoms with Crippen LogP contribution in [-0.4, -0.2) is 63.2 Å². The van der Waals surface area contributed by atoms with Gasteiger partial charge in [0.1, 0.15) is 5.69 Å². The van der Waals surface area contributed by atoms with E-state index in [1.807, 2.05) is 11.8 Å². The molecular weight excluding hydrogens is 475 g/mol. The summed E-state index contributed by atoms with van der Waals surface area (Å²) in [7, 11) is 0. The molecular formula is C22H27ClF3N5O3. The van der Waals surface area contributed by atoms with Crippen molar-refractivity contribution < 1.29 is 27.4 Å². The van der Waals surface area contributed by atoms with Crippen LogP contribution in [0.25, 0.3) is 5.69 Å². The number of benzene rings is 1. The van der Waals surface area contributed by atoms with Crippen molar-refractivity contribution in [3.8, 4) is 5.69 Å². The zero-order valence-corrected chi connectivity index (χ0v) is 19.6. The van der Waals surface area contributed by atoms with Crippen molar-refractivity contribution in [1.82, 2.24) is 19.9 Å². The number of fused-ring (bicyclic) bond motifs is 2. The van der Waals surface area contributed by atoms with E-state index in [0.717, 1.165) is 19.3 Å². The van der Waals surface area contributed by atoms with E-state index in [-0.39, 0.29) is 18.7 Å². The summed E-state index contributed by atoms with van der Waals surface area (Å²) in [5, 5.41) is 11.5. The topological polar surface area (TPSA) is 81.5 Å². The van der Waals surface area contributed by atoms with Crippen molar-refractivity contribution in [2.45, 2.75) is 63.6 Å². The smallest absolute Gasteiger partial charge is 0.373 e. The average molecular weight is 502 g/mol. The molecule has 2 amide bonds. The molecule has 8 nitrogen and oxygen atoms in total. The molecule has 4 atom stereocenters. The summed E-state index contributed by atoms with van der Waals surface area (Å²) in [6.07, 6.45) is 0.862. The van der Waals surface area contributed by atoms with Crippen molar-refractivity contribution in [3.05, 3.63) is 35.6 Å². The highest BCUT2D eigenvalue weighted by atomic mass is 35.5. The van der Waals surface area contributed by atoms with Crippen LogP contribution in [0.5, 0.6) is 0 Å². The molecule has 1 N–H and O–H groups in total. The number of likely N-dealkylation sites (tertiary alicyclic amines) is 1. The standard InChI is InChI=1S/C22H27ClF3N5O3/c1-3-19(33-8-9-34-22(24,25)26)21-12-14(2)10-16(13-21)30(21)20(32)29-15-4-5-17(23)18(11-15)31-27-6-7-28-31/h4-7,11,14,16,19H,3,8-10,12-13H2,1-2H3,(H,29,32)/t14-,16+,19+,21-/m1/s1. The van der Waals surface area contributed by atoms with Crippen molar-refractivity contribution >= 4 is 23.3 Å². The number of carbonyl (C=O) groups excluding carboxylic acids is 1. The third kappa shape index (κ3) is 5.01. The Balaban J connectivity index is 1.49. The van der Waals surface area contributed by atoms with Gasteiger partial charge in [-0.1, -0.05) is 25.4 Å². The lowest BCUT2D eigenvalue weighted by Gasteiger charge is -2.65. The van der Waals surface area contributed by atoms with Crippen molar-refractivity contribution in [2.24, 2.45) is 5.92 Å². The number of alkyl halides is 3. The highest BCUT2D eigenvalue weighted by Gasteiger charge is 2.61. The molecule has 34 heavy (non-hydrogen) atoms. The SMILES string of the molecule is CC[C@H](OCCOC(F)(F)F)[C@@]12C[C@H](C)C[C@@H](C1)N2C(=O)Nc1ccc(Cl)c(-n2nccn2)c1. The van der Waals surface area contributed by atoms with Crippen LogP contribution < -0.4 is 5.32 Å². The largest absolute Gasteiger partial charge is 0.522 e. The van der Waals surface area contributed by atoms with E-state index < -0.39 is 24.6 Å². The summed E-state index contributed by atoms with van der Waals surface area (Å²) in [5.74, 6) is 0.375. The predicted molar refractivity (Wildman–Crippen MR) is 119 cm³/mol. The van der Waals surface area contributed by atoms with Gasteiger partial charge in [0.25, 0.3) is 0 Å². The van der Waals surface area contributed by atoms with E-state index >= 15 is 0 Å². The summed E-state index contributed by atoms with van der Waals surface area (Å²) in [6, 6.07) is 4.81. The van der Waals surface area contributed by atoms with Crippen LogP contribution in [0.3, 0.4) is 0 Å². The third-order valence-corrected chi connectivity index (χ3v) is 6.82. The molecule has 2 aliphatic rings. The molecule has 12 heteroatoms. The lowest BCUT2D eigenvalue weighted by Crippen LogP contribution is -2.76. The summed E-state index contributed by atoms with van der Waals surface area (Å²) in [6.45, 7) is 3.25. The van der Waals surface area contributed by atoms with Gasteiger partial charge in [-0.3, -0.25) is 4.74 Å². The number of aromatic nitrogens is 3. The van der Waals surface area contributed by atoms with Crippen molar-refractivity contribution in [1.29, 1.82) is 0 Å². The van der Waals surface area contributed by atoms with E-state index in [0.29, 0.717) is 28.7 Å². The van der Waals surface area contributed by atoms with E-state index in [1.165, 1.54) is 17.2 Å². The minimum absolute atomic E-state index is 0.0485. The molecule has 186 valence electrons. The van der Waals surface area contributed by atoms with E-state index in [2.05, 4.69) is 27.2 Å². The third-order valence-electron chi connectivity index (χ3n) is 6.50. The van der Waals surface area contributed by atoms with E-state index in [4.69, 9.17) is 16.3 Å². The molecule has 0 spiro atoms. The van der Waals surface area contributed by atoms with Crippen LogP contribution in [0.4, 0.5) is 23.7 Å². The molecule has 0 radical (unpaired) electrons. The quantitative estimate of drug-likeness (QED) is 0.513. The van der Waals surface area contributed by atoms with Crippen LogP contribution in [-0.2, 0) is 9.47 Å². The highest BCUT2D eigenvalue weighted by Crippen LogP contribution is 2.53. The number of carbonyl (C=O) groups is 1. The number of urea groups is 1. The molecule has 4 rings (SSSR count). The zero-order valence-electron chi connectivity index (χ0n) is 18.9. The minimum Gasteiger partial charge on any atom is -0.373 e. The van der Waals surface area contributed by atoms with Crippen LogP contribution in [0.1, 0.15) is 39.5 Å². The second-order valence-electron chi connectivity index (χ2n) is 8.85. The maximum Gasteiger partial charge on any atom is 0.522 e. The monoisotopic (exact) mass is 501 g/mol. The number of piperidine rings is 1. The van der Waals surface area contributed by atoms with Gasteiger partial charge in [0.05, 0.1) is 42.3 Å². The molecule has 2 bridgehead atoms. The minimum atomic E-state index is -4.70. The van der Waals surface area contributed by atoms with Gasteiger partial charge >= 0.3 is 12.4 Å². The Bertz CT molecular complexity index is 1010. The van der Waals surface area contributed by atoms with Crippen LogP contribution in [0.2, 0.25) is 5.02 Å². The molecule has 0 unspecified atom stereocenters. The van der Waals surface area contributed by atoms with Gasteiger partial charge in [0.2, 0.25) is 0 Å². The van der Waals surface area contributed by atoms with Crippen molar-refractivity contribution in [3.63, 3.8) is 0 Å². The van der Waals surface area contributed by atoms with Crippen molar-refractivity contribution in [2.75, 3.05) is 18.5 Å². The van der Waals surface area contributed by atoms with Gasteiger partial charge in [0.15, 0.2) is 0 Å². The summed E-state index contributed by atoms with van der Waals surface area (Å²) in [5.41, 5.74) is 0.483. The predicted octanol–water partition coefficient (Wildman–Crippen LogP) is 5.03. The van der Waals surface area contributed by atoms with Crippen LogP contribution in [0, 0.1) is 5.92 Å². The maximum atomic E-state index is 13.4. The first kappa shape index (κ1) is 24.7.